The Kier molecular flexibility index (Phi) is 3.26. The van der Waals surface area contributed by atoms with Gasteiger partial charge in [0.15, 0.2) is 0 Å². The highest BCUT2D eigenvalue weighted by Gasteiger charge is 2.09. The van der Waals surface area contributed by atoms with Crippen molar-refractivity contribution in [3.8, 4) is 10.6 Å². The summed E-state index contributed by atoms with van der Waals surface area (Å²) in [4.78, 5) is 0. The Bertz CT molecular complexity index is 472. The van der Waals surface area contributed by atoms with Gasteiger partial charge in [0.1, 0.15) is 5.01 Å². The van der Waals surface area contributed by atoms with Crippen molar-refractivity contribution in [1.82, 2.24) is 10.2 Å². The minimum Gasteiger partial charge on any atom is -0.137 e. The van der Waals surface area contributed by atoms with Gasteiger partial charge in [-0.2, -0.15) is 0 Å². The van der Waals surface area contributed by atoms with Crippen LogP contribution in [0.1, 0.15) is 0 Å². The van der Waals surface area contributed by atoms with E-state index in [0.29, 0.717) is 9.49 Å². The minimum atomic E-state index is 0.441. The Morgan fingerprint density at radius 1 is 1.21 bits per heavy atom. The molecular weight excluding hydrogens is 354 g/mol. The second kappa shape index (κ2) is 4.30. The molecule has 0 aliphatic carbocycles. The normalized spacial score (nSPS) is 10.5. The highest BCUT2D eigenvalue weighted by molar-refractivity contribution is 14.1. The van der Waals surface area contributed by atoms with Crippen LogP contribution in [0.25, 0.3) is 10.6 Å². The van der Waals surface area contributed by atoms with E-state index in [4.69, 9.17) is 23.2 Å². The van der Waals surface area contributed by atoms with Crippen molar-refractivity contribution >= 4 is 57.1 Å². The van der Waals surface area contributed by atoms with Gasteiger partial charge >= 0.3 is 0 Å². The molecule has 0 saturated heterocycles. The average molecular weight is 357 g/mol. The zero-order valence-electron chi connectivity index (χ0n) is 6.67. The summed E-state index contributed by atoms with van der Waals surface area (Å²) in [5.74, 6) is 0. The highest BCUT2D eigenvalue weighted by Crippen LogP contribution is 2.31. The van der Waals surface area contributed by atoms with E-state index in [9.17, 15) is 0 Å². The van der Waals surface area contributed by atoms with Crippen LogP contribution in [0.3, 0.4) is 0 Å². The van der Waals surface area contributed by atoms with Gasteiger partial charge in [0, 0.05) is 14.2 Å². The molecule has 2 nitrogen and oxygen atoms in total. The molecule has 0 N–H and O–H groups in total. The van der Waals surface area contributed by atoms with E-state index in [1.807, 2.05) is 18.2 Å². The summed E-state index contributed by atoms with van der Waals surface area (Å²) in [6.45, 7) is 0. The summed E-state index contributed by atoms with van der Waals surface area (Å²) >= 11 is 15.2. The molecule has 0 bridgehead atoms. The van der Waals surface area contributed by atoms with Gasteiger partial charge in [-0.15, -0.1) is 10.2 Å². The third-order valence-corrected chi connectivity index (χ3v) is 3.79. The maximum atomic E-state index is 5.89. The Hall–Kier alpha value is 0.0900. The number of rotatable bonds is 1. The van der Waals surface area contributed by atoms with E-state index < -0.39 is 0 Å². The Labute approximate surface area is 108 Å². The molecule has 0 unspecified atom stereocenters. The quantitative estimate of drug-likeness (QED) is 0.718. The molecule has 1 aromatic heterocycles. The molecule has 2 aromatic rings. The largest absolute Gasteiger partial charge is 0.207 e. The first-order valence-electron chi connectivity index (χ1n) is 3.61. The molecule has 1 heterocycles. The fraction of sp³-hybridized carbons (Fsp3) is 0. The van der Waals surface area contributed by atoms with Gasteiger partial charge in [-0.1, -0.05) is 22.9 Å². The van der Waals surface area contributed by atoms with Crippen LogP contribution < -0.4 is 0 Å². The monoisotopic (exact) mass is 356 g/mol. The van der Waals surface area contributed by atoms with Crippen molar-refractivity contribution in [2.24, 2.45) is 0 Å². The van der Waals surface area contributed by atoms with Gasteiger partial charge in [0.05, 0.1) is 0 Å². The van der Waals surface area contributed by atoms with Crippen molar-refractivity contribution < 1.29 is 0 Å². The lowest BCUT2D eigenvalue weighted by atomic mass is 10.2. The van der Waals surface area contributed by atoms with Gasteiger partial charge < -0.3 is 0 Å². The van der Waals surface area contributed by atoms with Gasteiger partial charge in [-0.3, -0.25) is 0 Å². The third-order valence-electron chi connectivity index (χ3n) is 1.56. The van der Waals surface area contributed by atoms with E-state index in [1.165, 1.54) is 11.3 Å². The molecule has 72 valence electrons. The highest BCUT2D eigenvalue weighted by atomic mass is 127. The Morgan fingerprint density at radius 2 is 2.00 bits per heavy atom. The molecule has 0 atom stereocenters. The van der Waals surface area contributed by atoms with Crippen molar-refractivity contribution in [2.45, 2.75) is 0 Å². The summed E-state index contributed by atoms with van der Waals surface area (Å²) in [7, 11) is 0. The molecule has 0 fully saturated rings. The van der Waals surface area contributed by atoms with Gasteiger partial charge in [-0.05, 0) is 52.4 Å². The fourth-order valence-electron chi connectivity index (χ4n) is 0.976. The minimum absolute atomic E-state index is 0.441. The number of hydrogen-bond donors (Lipinski definition) is 0. The van der Waals surface area contributed by atoms with Crippen molar-refractivity contribution in [3.63, 3.8) is 0 Å². The van der Waals surface area contributed by atoms with Crippen LogP contribution in [-0.4, -0.2) is 10.2 Å². The van der Waals surface area contributed by atoms with Crippen LogP contribution in [-0.2, 0) is 0 Å². The maximum Gasteiger partial charge on any atom is 0.207 e. The van der Waals surface area contributed by atoms with Crippen molar-refractivity contribution in [3.05, 3.63) is 31.3 Å². The summed E-state index contributed by atoms with van der Waals surface area (Å²) in [6.07, 6.45) is 0. The first-order valence-corrected chi connectivity index (χ1v) is 6.26. The van der Waals surface area contributed by atoms with Gasteiger partial charge in [0.2, 0.25) is 4.47 Å². The molecule has 0 radical (unpaired) electrons. The molecule has 2 rings (SSSR count). The Morgan fingerprint density at radius 3 is 2.64 bits per heavy atom. The van der Waals surface area contributed by atoms with Crippen LogP contribution in [0, 0.1) is 3.57 Å². The van der Waals surface area contributed by atoms with Crippen LogP contribution in [0.15, 0.2) is 18.2 Å². The molecule has 0 saturated carbocycles. The number of halogens is 3. The zero-order valence-corrected chi connectivity index (χ0v) is 11.2. The summed E-state index contributed by atoms with van der Waals surface area (Å²) < 4.78 is 1.52. The molecular formula is C8H3Cl2IN2S. The summed E-state index contributed by atoms with van der Waals surface area (Å²) in [6, 6.07) is 5.64. The third kappa shape index (κ3) is 2.18. The molecule has 6 heteroatoms. The standard InChI is InChI=1S/C8H3Cl2IN2S/c9-4-1-2-6(11)5(3-4)7-12-13-8(10)14-7/h1-3H. The summed E-state index contributed by atoms with van der Waals surface area (Å²) in [5, 5.41) is 9.19. The maximum absolute atomic E-state index is 5.89. The van der Waals surface area contributed by atoms with Gasteiger partial charge in [-0.25, -0.2) is 0 Å². The van der Waals surface area contributed by atoms with E-state index in [0.717, 1.165) is 14.1 Å². The second-order valence-electron chi connectivity index (χ2n) is 2.48. The lowest BCUT2D eigenvalue weighted by molar-refractivity contribution is 1.09. The number of aromatic nitrogens is 2. The Balaban J connectivity index is 2.55. The number of nitrogens with zero attached hydrogens (tertiary/aromatic N) is 2. The molecule has 1 aromatic carbocycles. The van der Waals surface area contributed by atoms with Crippen molar-refractivity contribution in [2.75, 3.05) is 0 Å². The first-order chi connectivity index (χ1) is 6.66. The van der Waals surface area contributed by atoms with Crippen molar-refractivity contribution in [1.29, 1.82) is 0 Å². The van der Waals surface area contributed by atoms with Crippen LogP contribution in [0.2, 0.25) is 9.49 Å². The first kappa shape index (κ1) is 10.6. The van der Waals surface area contributed by atoms with E-state index in [1.54, 1.807) is 0 Å². The van der Waals surface area contributed by atoms with Crippen LogP contribution in [0.5, 0.6) is 0 Å². The van der Waals surface area contributed by atoms with Crippen LogP contribution >= 0.6 is 57.1 Å². The van der Waals surface area contributed by atoms with Crippen LogP contribution in [0.4, 0.5) is 0 Å². The smallest absolute Gasteiger partial charge is 0.137 e. The van der Waals surface area contributed by atoms with E-state index in [-0.39, 0.29) is 0 Å². The average Bonchev–Trinajstić information content (AvgIpc) is 2.56. The molecule has 14 heavy (non-hydrogen) atoms. The number of hydrogen-bond acceptors (Lipinski definition) is 3. The lowest BCUT2D eigenvalue weighted by Crippen LogP contribution is -1.81. The lowest BCUT2D eigenvalue weighted by Gasteiger charge is -1.99. The molecule has 0 spiro atoms. The number of benzene rings is 1. The van der Waals surface area contributed by atoms with Gasteiger partial charge in [0.25, 0.3) is 0 Å². The fourth-order valence-corrected chi connectivity index (χ4v) is 2.78. The zero-order chi connectivity index (χ0) is 10.1. The second-order valence-corrected chi connectivity index (χ2v) is 5.64. The SMILES string of the molecule is Clc1ccc(I)c(-c2nnc(Cl)s2)c1. The molecule has 0 aliphatic heterocycles. The predicted octanol–water partition coefficient (Wildman–Crippen LogP) is 4.12. The summed E-state index contributed by atoms with van der Waals surface area (Å²) in [5.41, 5.74) is 0.975. The predicted molar refractivity (Wildman–Crippen MR) is 68.1 cm³/mol. The molecule has 0 amide bonds. The topological polar surface area (TPSA) is 25.8 Å². The van der Waals surface area contributed by atoms with E-state index in [2.05, 4.69) is 32.8 Å². The van der Waals surface area contributed by atoms with E-state index >= 15 is 0 Å². The molecule has 0 aliphatic rings.